The molecule has 2 atom stereocenters. The molecule has 2 unspecified atom stereocenters. The molecule has 66 valence electrons. The van der Waals surface area contributed by atoms with Crippen molar-refractivity contribution in [2.75, 3.05) is 0 Å². The lowest BCUT2D eigenvalue weighted by atomic mass is 10.1. The van der Waals surface area contributed by atoms with Crippen LogP contribution in [0.4, 0.5) is 0 Å². The van der Waals surface area contributed by atoms with Gasteiger partial charge in [-0.15, -0.1) is 0 Å². The Hall–Kier alpha value is -0.640. The molecule has 3 N–H and O–H groups in total. The van der Waals surface area contributed by atoms with E-state index < -0.39 is 12.1 Å². The summed E-state index contributed by atoms with van der Waals surface area (Å²) >= 11 is 5.83. The van der Waals surface area contributed by atoms with Crippen LogP contribution in [0.2, 0.25) is 5.02 Å². The van der Waals surface area contributed by atoms with Gasteiger partial charge in [0.05, 0.1) is 12.1 Å². The minimum absolute atomic E-state index is 0.466. The van der Waals surface area contributed by atoms with Crippen molar-refractivity contribution >= 4 is 11.6 Å². The lowest BCUT2D eigenvalue weighted by molar-refractivity contribution is 0.164. The zero-order valence-corrected chi connectivity index (χ0v) is 7.49. The monoisotopic (exact) mass is 186 g/mol. The molecule has 0 saturated carbocycles. The molecular formula is C8H11ClN2O. The zero-order valence-electron chi connectivity index (χ0n) is 6.74. The molecule has 1 rings (SSSR count). The molecule has 3 nitrogen and oxygen atoms in total. The van der Waals surface area contributed by atoms with Crippen LogP contribution in [-0.4, -0.2) is 16.2 Å². The smallest absolute Gasteiger partial charge is 0.0705 e. The standard InChI is InChI=1S/C8H11ClN2O/c1-5(12)8(10)6-4-11-3-2-7(6)9/h2-5,8,12H,10H2,1H3. The Kier molecular flexibility index (Phi) is 3.03. The fourth-order valence-electron chi connectivity index (χ4n) is 0.895. The van der Waals surface area contributed by atoms with Crippen molar-refractivity contribution in [1.82, 2.24) is 4.98 Å². The number of hydrogen-bond acceptors (Lipinski definition) is 3. The average Bonchev–Trinajstić information content (AvgIpc) is 2.04. The second-order valence-electron chi connectivity index (χ2n) is 2.66. The predicted octanol–water partition coefficient (Wildman–Crippen LogP) is 1.12. The van der Waals surface area contributed by atoms with Crippen molar-refractivity contribution in [1.29, 1.82) is 0 Å². The van der Waals surface area contributed by atoms with E-state index in [1.54, 1.807) is 25.4 Å². The largest absolute Gasteiger partial charge is 0.391 e. The molecule has 0 bridgehead atoms. The normalized spacial score (nSPS) is 15.7. The zero-order chi connectivity index (χ0) is 9.14. The summed E-state index contributed by atoms with van der Waals surface area (Å²) in [4.78, 5) is 3.87. The van der Waals surface area contributed by atoms with Gasteiger partial charge in [-0.25, -0.2) is 0 Å². The molecule has 0 saturated heterocycles. The first-order chi connectivity index (χ1) is 5.63. The average molecular weight is 187 g/mol. The van der Waals surface area contributed by atoms with Gasteiger partial charge in [0.2, 0.25) is 0 Å². The summed E-state index contributed by atoms with van der Waals surface area (Å²) in [5, 5.41) is 9.73. The first-order valence-electron chi connectivity index (χ1n) is 3.66. The quantitative estimate of drug-likeness (QED) is 0.728. The maximum atomic E-state index is 9.19. The van der Waals surface area contributed by atoms with Crippen LogP contribution in [0.1, 0.15) is 18.5 Å². The van der Waals surface area contributed by atoms with E-state index in [4.69, 9.17) is 17.3 Å². The highest BCUT2D eigenvalue weighted by molar-refractivity contribution is 6.31. The first-order valence-corrected chi connectivity index (χ1v) is 4.03. The third-order valence-corrected chi connectivity index (χ3v) is 2.02. The van der Waals surface area contributed by atoms with Crippen molar-refractivity contribution in [2.24, 2.45) is 5.73 Å². The number of rotatable bonds is 2. The molecule has 1 heterocycles. The van der Waals surface area contributed by atoms with Gasteiger partial charge in [0.1, 0.15) is 0 Å². The van der Waals surface area contributed by atoms with Gasteiger partial charge in [0.25, 0.3) is 0 Å². The van der Waals surface area contributed by atoms with Gasteiger partial charge in [-0.2, -0.15) is 0 Å². The van der Waals surface area contributed by atoms with Gasteiger partial charge >= 0.3 is 0 Å². The number of hydrogen-bond donors (Lipinski definition) is 2. The van der Waals surface area contributed by atoms with Crippen molar-refractivity contribution in [2.45, 2.75) is 19.1 Å². The first kappa shape index (κ1) is 9.45. The van der Waals surface area contributed by atoms with Gasteiger partial charge in [-0.1, -0.05) is 11.6 Å². The Balaban J connectivity index is 2.94. The maximum absolute atomic E-state index is 9.19. The Morgan fingerprint density at radius 2 is 2.33 bits per heavy atom. The van der Waals surface area contributed by atoms with Crippen LogP contribution in [0.5, 0.6) is 0 Å². The Labute approximate surface area is 76.2 Å². The highest BCUT2D eigenvalue weighted by atomic mass is 35.5. The summed E-state index contributed by atoms with van der Waals surface area (Å²) in [5.74, 6) is 0. The van der Waals surface area contributed by atoms with Crippen molar-refractivity contribution < 1.29 is 5.11 Å². The summed E-state index contributed by atoms with van der Waals surface area (Å²) in [6.07, 6.45) is 2.53. The predicted molar refractivity (Wildman–Crippen MR) is 47.9 cm³/mol. The van der Waals surface area contributed by atoms with Crippen LogP contribution in [0.3, 0.4) is 0 Å². The van der Waals surface area contributed by atoms with E-state index in [9.17, 15) is 5.11 Å². The van der Waals surface area contributed by atoms with E-state index in [-0.39, 0.29) is 0 Å². The Bertz CT molecular complexity index is 265. The summed E-state index contributed by atoms with van der Waals surface area (Å²) in [7, 11) is 0. The molecule has 0 radical (unpaired) electrons. The number of aliphatic hydroxyl groups excluding tert-OH is 1. The van der Waals surface area contributed by atoms with E-state index in [0.29, 0.717) is 10.6 Å². The molecule has 0 amide bonds. The second-order valence-corrected chi connectivity index (χ2v) is 3.07. The molecule has 0 aromatic carbocycles. The fourth-order valence-corrected chi connectivity index (χ4v) is 1.13. The third-order valence-electron chi connectivity index (χ3n) is 1.68. The summed E-state index contributed by atoms with van der Waals surface area (Å²) in [5.41, 5.74) is 6.34. The van der Waals surface area contributed by atoms with Crippen LogP contribution >= 0.6 is 11.6 Å². The van der Waals surface area contributed by atoms with Gasteiger partial charge < -0.3 is 10.8 Å². The van der Waals surface area contributed by atoms with Crippen LogP contribution in [-0.2, 0) is 0 Å². The van der Waals surface area contributed by atoms with Crippen molar-refractivity contribution in [3.63, 3.8) is 0 Å². The summed E-state index contributed by atoms with van der Waals surface area (Å²) < 4.78 is 0. The summed E-state index contributed by atoms with van der Waals surface area (Å²) in [6, 6.07) is 1.19. The maximum Gasteiger partial charge on any atom is 0.0705 e. The summed E-state index contributed by atoms with van der Waals surface area (Å²) in [6.45, 7) is 1.62. The van der Waals surface area contributed by atoms with E-state index >= 15 is 0 Å². The fraction of sp³-hybridized carbons (Fsp3) is 0.375. The molecule has 0 spiro atoms. The molecule has 12 heavy (non-hydrogen) atoms. The minimum Gasteiger partial charge on any atom is -0.391 e. The van der Waals surface area contributed by atoms with E-state index in [1.807, 2.05) is 0 Å². The third kappa shape index (κ3) is 1.94. The van der Waals surface area contributed by atoms with Crippen LogP contribution in [0, 0.1) is 0 Å². The highest BCUT2D eigenvalue weighted by Crippen LogP contribution is 2.21. The lowest BCUT2D eigenvalue weighted by Crippen LogP contribution is -2.23. The van der Waals surface area contributed by atoms with Crippen molar-refractivity contribution in [3.8, 4) is 0 Å². The van der Waals surface area contributed by atoms with Crippen LogP contribution in [0.15, 0.2) is 18.5 Å². The molecule has 0 aliphatic carbocycles. The Morgan fingerprint density at radius 1 is 1.67 bits per heavy atom. The number of aliphatic hydroxyl groups is 1. The van der Waals surface area contributed by atoms with Gasteiger partial charge in [0, 0.05) is 23.0 Å². The number of nitrogens with zero attached hydrogens (tertiary/aromatic N) is 1. The number of aromatic nitrogens is 1. The lowest BCUT2D eigenvalue weighted by Gasteiger charge is -2.15. The van der Waals surface area contributed by atoms with Crippen LogP contribution < -0.4 is 5.73 Å². The molecule has 4 heteroatoms. The molecule has 0 aliphatic heterocycles. The molecule has 0 fully saturated rings. The van der Waals surface area contributed by atoms with E-state index in [2.05, 4.69) is 4.98 Å². The van der Waals surface area contributed by atoms with E-state index in [0.717, 1.165) is 0 Å². The second kappa shape index (κ2) is 3.85. The van der Waals surface area contributed by atoms with Gasteiger partial charge in [-0.3, -0.25) is 4.98 Å². The highest BCUT2D eigenvalue weighted by Gasteiger charge is 2.14. The topological polar surface area (TPSA) is 59.1 Å². The molecule has 0 aliphatic rings. The van der Waals surface area contributed by atoms with Gasteiger partial charge in [0.15, 0.2) is 0 Å². The van der Waals surface area contributed by atoms with E-state index in [1.165, 1.54) is 0 Å². The minimum atomic E-state index is -0.619. The molecule has 1 aromatic rings. The molecular weight excluding hydrogens is 176 g/mol. The van der Waals surface area contributed by atoms with Crippen LogP contribution in [0.25, 0.3) is 0 Å². The van der Waals surface area contributed by atoms with Crippen molar-refractivity contribution in [3.05, 3.63) is 29.0 Å². The number of pyridine rings is 1. The number of halogens is 1. The van der Waals surface area contributed by atoms with Gasteiger partial charge in [-0.05, 0) is 13.0 Å². The number of nitrogens with two attached hydrogens (primary N) is 1. The Morgan fingerprint density at radius 3 is 2.83 bits per heavy atom. The molecule has 1 aromatic heterocycles. The SMILES string of the molecule is CC(O)C(N)c1cnccc1Cl.